The van der Waals surface area contributed by atoms with E-state index in [1.54, 1.807) is 13.0 Å². The number of halogens is 1. The molecule has 27 heavy (non-hydrogen) atoms. The third-order valence-corrected chi connectivity index (χ3v) is 3.81. The number of nitro groups is 1. The lowest BCUT2D eigenvalue weighted by atomic mass is 10.1. The normalized spacial score (nSPS) is 10.3. The van der Waals surface area contributed by atoms with Crippen molar-refractivity contribution >= 4 is 17.4 Å². The third kappa shape index (κ3) is 5.60. The smallest absolute Gasteiger partial charge is 0.311 e. The summed E-state index contributed by atoms with van der Waals surface area (Å²) in [6.07, 6.45) is 0.298. The monoisotopic (exact) mass is 374 g/mol. The zero-order valence-electron chi connectivity index (χ0n) is 15.0. The maximum Gasteiger partial charge on any atom is 0.311 e. The van der Waals surface area contributed by atoms with E-state index >= 15 is 0 Å². The van der Waals surface area contributed by atoms with Crippen molar-refractivity contribution < 1.29 is 23.6 Å². The van der Waals surface area contributed by atoms with E-state index < -0.39 is 23.1 Å². The van der Waals surface area contributed by atoms with Crippen LogP contribution in [0.1, 0.15) is 28.4 Å². The summed E-state index contributed by atoms with van der Waals surface area (Å²) in [4.78, 5) is 33.5. The summed E-state index contributed by atoms with van der Waals surface area (Å²) in [6, 6.07) is 8.44. The van der Waals surface area contributed by atoms with Crippen LogP contribution in [0, 0.1) is 22.9 Å². The first kappa shape index (κ1) is 20.0. The molecule has 0 radical (unpaired) electrons. The van der Waals surface area contributed by atoms with Crippen LogP contribution in [-0.4, -0.2) is 29.8 Å². The summed E-state index contributed by atoms with van der Waals surface area (Å²) < 4.78 is 19.4. The fourth-order valence-corrected chi connectivity index (χ4v) is 2.42. The van der Waals surface area contributed by atoms with Crippen molar-refractivity contribution in [2.75, 3.05) is 13.2 Å². The minimum Gasteiger partial charge on any atom is -0.478 e. The first-order valence-electron chi connectivity index (χ1n) is 8.22. The summed E-state index contributed by atoms with van der Waals surface area (Å²) in [5, 5.41) is 13.6. The number of carbonyl (C=O) groups excluding carboxylic acids is 2. The third-order valence-electron chi connectivity index (χ3n) is 3.81. The van der Waals surface area contributed by atoms with Crippen LogP contribution in [0.5, 0.6) is 5.75 Å². The van der Waals surface area contributed by atoms with Crippen molar-refractivity contribution in [1.29, 1.82) is 0 Å². The van der Waals surface area contributed by atoms with Crippen molar-refractivity contribution in [1.82, 2.24) is 5.32 Å². The maximum absolute atomic E-state index is 14.1. The Kier molecular flexibility index (Phi) is 6.59. The first-order chi connectivity index (χ1) is 12.8. The summed E-state index contributed by atoms with van der Waals surface area (Å²) >= 11 is 0. The molecule has 0 fully saturated rings. The molecule has 2 aromatic carbocycles. The van der Waals surface area contributed by atoms with Crippen LogP contribution in [0.4, 0.5) is 10.1 Å². The number of Topliss-reactive ketones (excluding diaryl/α,β-unsaturated/α-hetero) is 1. The van der Waals surface area contributed by atoms with Crippen LogP contribution in [0.15, 0.2) is 36.4 Å². The highest BCUT2D eigenvalue weighted by Gasteiger charge is 2.17. The van der Waals surface area contributed by atoms with E-state index in [-0.39, 0.29) is 22.9 Å². The van der Waals surface area contributed by atoms with Crippen molar-refractivity contribution in [3.63, 3.8) is 0 Å². The fourth-order valence-electron chi connectivity index (χ4n) is 2.42. The number of nitro benzene ring substituents is 1. The number of ketones is 1. The molecule has 2 aromatic rings. The number of nitrogens with one attached hydrogen (secondary N) is 1. The molecule has 0 saturated heterocycles. The van der Waals surface area contributed by atoms with Gasteiger partial charge in [0, 0.05) is 25.1 Å². The van der Waals surface area contributed by atoms with E-state index in [0.29, 0.717) is 24.1 Å². The highest BCUT2D eigenvalue weighted by molar-refractivity contribution is 5.97. The van der Waals surface area contributed by atoms with Gasteiger partial charge in [0.05, 0.1) is 4.92 Å². The Hall–Kier alpha value is -3.29. The molecule has 2 rings (SSSR count). The maximum atomic E-state index is 14.1. The van der Waals surface area contributed by atoms with E-state index in [4.69, 9.17) is 4.74 Å². The largest absolute Gasteiger partial charge is 0.478 e. The van der Waals surface area contributed by atoms with Crippen molar-refractivity contribution in [2.24, 2.45) is 0 Å². The Labute approximate surface area is 155 Å². The second-order valence-corrected chi connectivity index (χ2v) is 5.98. The molecular formula is C19H19FN2O5. The average Bonchev–Trinajstić information content (AvgIpc) is 2.61. The standard InChI is InChI=1S/C19H19FN2O5/c1-12-3-6-19(17(9-12)22(25)26)27-11-18(24)15-5-4-14(16(20)10-15)7-8-21-13(2)23/h3-6,9-10H,7-8,11H2,1-2H3,(H,21,23). The minimum atomic E-state index is -0.587. The topological polar surface area (TPSA) is 98.5 Å². The van der Waals surface area contributed by atoms with Crippen LogP contribution in [-0.2, 0) is 11.2 Å². The lowest BCUT2D eigenvalue weighted by molar-refractivity contribution is -0.385. The van der Waals surface area contributed by atoms with Gasteiger partial charge in [-0.15, -0.1) is 0 Å². The lowest BCUT2D eigenvalue weighted by Gasteiger charge is -2.08. The Balaban J connectivity index is 2.03. The van der Waals surface area contributed by atoms with Crippen molar-refractivity contribution in [3.05, 3.63) is 69.0 Å². The summed E-state index contributed by atoms with van der Waals surface area (Å²) in [5.74, 6) is -1.29. The van der Waals surface area contributed by atoms with E-state index in [9.17, 15) is 24.1 Å². The second kappa shape index (κ2) is 8.88. The van der Waals surface area contributed by atoms with E-state index in [0.717, 1.165) is 6.07 Å². The second-order valence-electron chi connectivity index (χ2n) is 5.98. The molecule has 0 aliphatic carbocycles. The fraction of sp³-hybridized carbons (Fsp3) is 0.263. The van der Waals surface area contributed by atoms with Crippen LogP contribution >= 0.6 is 0 Å². The molecule has 0 aromatic heterocycles. The molecule has 7 nitrogen and oxygen atoms in total. The summed E-state index contributed by atoms with van der Waals surface area (Å²) in [5.41, 5.74) is 0.931. The molecule has 0 spiro atoms. The SMILES string of the molecule is CC(=O)NCCc1ccc(C(=O)COc2ccc(C)cc2[N+](=O)[O-])cc1F. The van der Waals surface area contributed by atoms with Crippen LogP contribution < -0.4 is 10.1 Å². The molecule has 0 heterocycles. The van der Waals surface area contributed by atoms with Gasteiger partial charge in [-0.3, -0.25) is 19.7 Å². The number of ether oxygens (including phenoxy) is 1. The molecule has 142 valence electrons. The van der Waals surface area contributed by atoms with Crippen LogP contribution in [0.3, 0.4) is 0 Å². The highest BCUT2D eigenvalue weighted by atomic mass is 19.1. The number of hydrogen-bond acceptors (Lipinski definition) is 5. The van der Waals surface area contributed by atoms with Gasteiger partial charge in [-0.05, 0) is 36.6 Å². The predicted molar refractivity (Wildman–Crippen MR) is 96.4 cm³/mol. The van der Waals surface area contributed by atoms with Crippen molar-refractivity contribution in [2.45, 2.75) is 20.3 Å². The molecule has 1 amide bonds. The lowest BCUT2D eigenvalue weighted by Crippen LogP contribution is -2.22. The molecule has 0 bridgehead atoms. The predicted octanol–water partition coefficient (Wildman–Crippen LogP) is 2.98. The molecular weight excluding hydrogens is 355 g/mol. The number of amides is 1. The van der Waals surface area contributed by atoms with Gasteiger partial charge < -0.3 is 10.1 Å². The number of rotatable bonds is 8. The van der Waals surface area contributed by atoms with Crippen LogP contribution in [0.25, 0.3) is 0 Å². The van der Waals surface area contributed by atoms with E-state index in [2.05, 4.69) is 5.32 Å². The Morgan fingerprint density at radius 1 is 1.22 bits per heavy atom. The number of benzene rings is 2. The molecule has 0 unspecified atom stereocenters. The average molecular weight is 374 g/mol. The van der Waals surface area contributed by atoms with Gasteiger partial charge in [0.2, 0.25) is 5.91 Å². The van der Waals surface area contributed by atoms with Crippen LogP contribution in [0.2, 0.25) is 0 Å². The number of nitrogens with zero attached hydrogens (tertiary/aromatic N) is 1. The van der Waals surface area contributed by atoms with Gasteiger partial charge in [0.15, 0.2) is 18.1 Å². The molecule has 1 N–H and O–H groups in total. The molecule has 0 aliphatic rings. The Bertz CT molecular complexity index is 882. The Morgan fingerprint density at radius 2 is 1.96 bits per heavy atom. The van der Waals surface area contributed by atoms with Gasteiger partial charge >= 0.3 is 5.69 Å². The zero-order valence-corrected chi connectivity index (χ0v) is 15.0. The quantitative estimate of drug-likeness (QED) is 0.435. The Morgan fingerprint density at radius 3 is 2.59 bits per heavy atom. The van der Waals surface area contributed by atoms with Gasteiger partial charge in [-0.1, -0.05) is 18.2 Å². The minimum absolute atomic E-state index is 0.0219. The molecule has 0 saturated carbocycles. The number of hydrogen-bond donors (Lipinski definition) is 1. The van der Waals surface area contributed by atoms with Gasteiger partial charge in [0.1, 0.15) is 5.82 Å². The van der Waals surface area contributed by atoms with E-state index in [1.165, 1.54) is 31.2 Å². The highest BCUT2D eigenvalue weighted by Crippen LogP contribution is 2.27. The van der Waals surface area contributed by atoms with Crippen molar-refractivity contribution in [3.8, 4) is 5.75 Å². The van der Waals surface area contributed by atoms with Gasteiger partial charge in [0.25, 0.3) is 0 Å². The summed E-state index contributed by atoms with van der Waals surface area (Å²) in [6.45, 7) is 2.92. The number of aryl methyl sites for hydroxylation is 1. The number of carbonyl (C=O) groups is 2. The first-order valence-corrected chi connectivity index (χ1v) is 8.22. The molecule has 0 atom stereocenters. The molecule has 8 heteroatoms. The van der Waals surface area contributed by atoms with E-state index in [1.807, 2.05) is 0 Å². The van der Waals surface area contributed by atoms with Gasteiger partial charge in [-0.2, -0.15) is 0 Å². The summed E-state index contributed by atoms with van der Waals surface area (Å²) in [7, 11) is 0. The van der Waals surface area contributed by atoms with Gasteiger partial charge in [-0.25, -0.2) is 4.39 Å². The zero-order chi connectivity index (χ0) is 20.0. The molecule has 0 aliphatic heterocycles.